The van der Waals surface area contributed by atoms with Crippen LogP contribution in [-0.4, -0.2) is 53.7 Å². The number of nitrogens with one attached hydrogen (secondary N) is 1. The Bertz CT molecular complexity index is 835. The van der Waals surface area contributed by atoms with E-state index < -0.39 is 0 Å². The number of carbonyl (C=O) groups excluding carboxylic acids is 2. The van der Waals surface area contributed by atoms with Crippen molar-refractivity contribution in [3.8, 4) is 0 Å². The fraction of sp³-hybridized carbons (Fsp3) is 0.440. The Balaban J connectivity index is 1.52. The van der Waals surface area contributed by atoms with Gasteiger partial charge in [-0.1, -0.05) is 30.3 Å². The molecule has 2 atom stereocenters. The lowest BCUT2D eigenvalue weighted by atomic mass is 10.1. The third-order valence-electron chi connectivity index (χ3n) is 6.12. The van der Waals surface area contributed by atoms with Crippen LogP contribution in [0.1, 0.15) is 49.0 Å². The molecule has 1 fully saturated rings. The lowest BCUT2D eigenvalue weighted by Crippen LogP contribution is -2.43. The largest absolute Gasteiger partial charge is 0.325 e. The molecular formula is C25H33N3O2. The Morgan fingerprint density at radius 2 is 1.77 bits per heavy atom. The second-order valence-corrected chi connectivity index (χ2v) is 8.32. The van der Waals surface area contributed by atoms with E-state index in [-0.39, 0.29) is 17.7 Å². The number of likely N-dealkylation sites (tertiary alicyclic amines) is 1. The van der Waals surface area contributed by atoms with Gasteiger partial charge in [0.1, 0.15) is 0 Å². The van der Waals surface area contributed by atoms with Gasteiger partial charge in [0.2, 0.25) is 5.91 Å². The summed E-state index contributed by atoms with van der Waals surface area (Å²) in [5, 5.41) is 2.99. The smallest absolute Gasteiger partial charge is 0.241 e. The van der Waals surface area contributed by atoms with E-state index in [4.69, 9.17) is 0 Å². The molecule has 5 nitrogen and oxygen atoms in total. The van der Waals surface area contributed by atoms with Crippen molar-refractivity contribution in [2.45, 2.75) is 51.7 Å². The first-order valence-electron chi connectivity index (χ1n) is 10.8. The van der Waals surface area contributed by atoms with Crippen LogP contribution >= 0.6 is 0 Å². The predicted molar refractivity (Wildman–Crippen MR) is 122 cm³/mol. The van der Waals surface area contributed by atoms with Gasteiger partial charge < -0.3 is 5.32 Å². The molecule has 1 N–H and O–H groups in total. The van der Waals surface area contributed by atoms with Gasteiger partial charge >= 0.3 is 0 Å². The van der Waals surface area contributed by atoms with Crippen LogP contribution in [0.25, 0.3) is 0 Å². The summed E-state index contributed by atoms with van der Waals surface area (Å²) in [6.07, 6.45) is 3.31. The highest BCUT2D eigenvalue weighted by atomic mass is 16.2. The van der Waals surface area contributed by atoms with E-state index >= 15 is 0 Å². The van der Waals surface area contributed by atoms with E-state index in [1.54, 1.807) is 31.2 Å². The van der Waals surface area contributed by atoms with E-state index in [2.05, 4.69) is 52.5 Å². The summed E-state index contributed by atoms with van der Waals surface area (Å²) in [5.41, 5.74) is 2.72. The summed E-state index contributed by atoms with van der Waals surface area (Å²) in [4.78, 5) is 28.9. The first-order valence-corrected chi connectivity index (χ1v) is 10.8. The monoisotopic (exact) mass is 407 g/mol. The van der Waals surface area contributed by atoms with Crippen LogP contribution in [0.4, 0.5) is 5.69 Å². The second-order valence-electron chi connectivity index (χ2n) is 8.32. The first-order chi connectivity index (χ1) is 14.4. The van der Waals surface area contributed by atoms with Gasteiger partial charge in [0.25, 0.3) is 0 Å². The Morgan fingerprint density at radius 3 is 2.43 bits per heavy atom. The van der Waals surface area contributed by atoms with Crippen LogP contribution < -0.4 is 5.32 Å². The van der Waals surface area contributed by atoms with E-state index in [9.17, 15) is 9.59 Å². The maximum absolute atomic E-state index is 12.8. The minimum absolute atomic E-state index is 0.00154. The van der Waals surface area contributed by atoms with Crippen molar-refractivity contribution in [2.24, 2.45) is 0 Å². The van der Waals surface area contributed by atoms with Crippen molar-refractivity contribution in [2.75, 3.05) is 25.5 Å². The Hall–Kier alpha value is -2.50. The van der Waals surface area contributed by atoms with Crippen LogP contribution in [0.15, 0.2) is 54.6 Å². The molecule has 3 rings (SSSR count). The van der Waals surface area contributed by atoms with Gasteiger partial charge in [-0.25, -0.2) is 0 Å². The van der Waals surface area contributed by atoms with Crippen molar-refractivity contribution < 1.29 is 9.59 Å². The molecule has 1 aliphatic rings. The quantitative estimate of drug-likeness (QED) is 0.699. The molecule has 30 heavy (non-hydrogen) atoms. The fourth-order valence-corrected chi connectivity index (χ4v) is 4.13. The molecule has 0 radical (unpaired) electrons. The third-order valence-corrected chi connectivity index (χ3v) is 6.12. The first kappa shape index (κ1) is 22.2. The summed E-state index contributed by atoms with van der Waals surface area (Å²) in [6.45, 7) is 6.33. The summed E-state index contributed by atoms with van der Waals surface area (Å²) in [6, 6.07) is 18.0. The average molecular weight is 408 g/mol. The molecule has 0 unspecified atom stereocenters. The van der Waals surface area contributed by atoms with Gasteiger partial charge in [-0.3, -0.25) is 19.4 Å². The lowest BCUT2D eigenvalue weighted by molar-refractivity contribution is -0.120. The van der Waals surface area contributed by atoms with E-state index in [1.807, 2.05) is 6.92 Å². The third kappa shape index (κ3) is 6.00. The van der Waals surface area contributed by atoms with Crippen molar-refractivity contribution >= 4 is 17.4 Å². The molecule has 0 aromatic heterocycles. The normalized spacial score (nSPS) is 18.6. The highest BCUT2D eigenvalue weighted by Crippen LogP contribution is 2.20. The highest BCUT2D eigenvalue weighted by molar-refractivity contribution is 5.96. The molecule has 0 saturated carbocycles. The molecular weight excluding hydrogens is 374 g/mol. The van der Waals surface area contributed by atoms with E-state index in [0.717, 1.165) is 44.6 Å². The minimum Gasteiger partial charge on any atom is -0.325 e. The topological polar surface area (TPSA) is 52.7 Å². The molecule has 5 heteroatoms. The SMILES string of the molecule is CC(=O)c1ccc(NC(=O)[C@@H](C)N2CCC[C@@H](N(C)Cc3ccccc3)CC2)cc1. The number of anilines is 1. The second kappa shape index (κ2) is 10.5. The molecule has 1 heterocycles. The molecule has 0 spiro atoms. The number of nitrogens with zero attached hydrogens (tertiary/aromatic N) is 2. The number of hydrogen-bond donors (Lipinski definition) is 1. The number of rotatable bonds is 7. The number of benzene rings is 2. The summed E-state index contributed by atoms with van der Waals surface area (Å²) in [7, 11) is 2.20. The molecule has 0 bridgehead atoms. The van der Waals surface area contributed by atoms with E-state index in [1.165, 1.54) is 5.56 Å². The maximum Gasteiger partial charge on any atom is 0.241 e. The number of carbonyl (C=O) groups is 2. The fourth-order valence-electron chi connectivity index (χ4n) is 4.13. The zero-order valence-electron chi connectivity index (χ0n) is 18.3. The van der Waals surface area contributed by atoms with E-state index in [0.29, 0.717) is 11.6 Å². The number of ketones is 1. The van der Waals surface area contributed by atoms with Crippen molar-refractivity contribution in [1.82, 2.24) is 9.80 Å². The van der Waals surface area contributed by atoms with Crippen LogP contribution in [0, 0.1) is 0 Å². The highest BCUT2D eigenvalue weighted by Gasteiger charge is 2.26. The van der Waals surface area contributed by atoms with Crippen LogP contribution in [-0.2, 0) is 11.3 Å². The van der Waals surface area contributed by atoms with Gasteiger partial charge in [-0.05, 0) is 76.5 Å². The zero-order valence-corrected chi connectivity index (χ0v) is 18.3. The Labute approximate surface area is 180 Å². The maximum atomic E-state index is 12.8. The Morgan fingerprint density at radius 1 is 1.07 bits per heavy atom. The number of hydrogen-bond acceptors (Lipinski definition) is 4. The van der Waals surface area contributed by atoms with Gasteiger partial charge in [0.05, 0.1) is 6.04 Å². The van der Waals surface area contributed by atoms with Crippen LogP contribution in [0.2, 0.25) is 0 Å². The zero-order chi connectivity index (χ0) is 21.5. The molecule has 1 aliphatic heterocycles. The summed E-state index contributed by atoms with van der Waals surface area (Å²) in [5.74, 6) is 0.0271. The van der Waals surface area contributed by atoms with Gasteiger partial charge in [-0.2, -0.15) is 0 Å². The van der Waals surface area contributed by atoms with Crippen molar-refractivity contribution in [3.05, 3.63) is 65.7 Å². The standard InChI is InChI=1S/C25H33N3O2/c1-19(25(30)26-23-13-11-22(12-14-23)20(2)29)28-16-7-10-24(15-17-28)27(3)18-21-8-5-4-6-9-21/h4-6,8-9,11-14,19,24H,7,10,15-18H2,1-3H3,(H,26,30)/t19-,24-/m1/s1. The molecule has 1 saturated heterocycles. The molecule has 160 valence electrons. The summed E-state index contributed by atoms with van der Waals surface area (Å²) < 4.78 is 0. The average Bonchev–Trinajstić information content (AvgIpc) is 3.00. The van der Waals surface area contributed by atoms with Crippen molar-refractivity contribution in [1.29, 1.82) is 0 Å². The molecule has 2 aromatic rings. The minimum atomic E-state index is -0.185. The van der Waals surface area contributed by atoms with Gasteiger partial charge in [0.15, 0.2) is 5.78 Å². The molecule has 1 amide bonds. The molecule has 0 aliphatic carbocycles. The lowest BCUT2D eigenvalue weighted by Gasteiger charge is -2.29. The number of amides is 1. The van der Waals surface area contributed by atoms with Crippen LogP contribution in [0.3, 0.4) is 0 Å². The van der Waals surface area contributed by atoms with Crippen molar-refractivity contribution in [3.63, 3.8) is 0 Å². The number of Topliss-reactive ketones (excluding diaryl/α,β-unsaturated/α-hetero) is 1. The predicted octanol–water partition coefficient (Wildman–Crippen LogP) is 4.20. The Kier molecular flexibility index (Phi) is 7.77. The van der Waals surface area contributed by atoms with Gasteiger partial charge in [-0.15, -0.1) is 0 Å². The van der Waals surface area contributed by atoms with Crippen LogP contribution in [0.5, 0.6) is 0 Å². The van der Waals surface area contributed by atoms with Gasteiger partial charge in [0, 0.05) is 30.4 Å². The summed E-state index contributed by atoms with van der Waals surface area (Å²) >= 11 is 0. The molecule has 2 aromatic carbocycles.